The number of unbranched alkanes of at least 4 members (excludes halogenated alkanes) is 2. The molecule has 0 fully saturated rings. The Morgan fingerprint density at radius 1 is 0.652 bits per heavy atom. The smallest absolute Gasteiger partial charge is 0.341 e. The van der Waals surface area contributed by atoms with E-state index in [2.05, 4.69) is 17.9 Å². The van der Waals surface area contributed by atoms with Gasteiger partial charge in [0.05, 0.1) is 0 Å². The Hall–Kier alpha value is -2.44. The van der Waals surface area contributed by atoms with Crippen LogP contribution in [0.15, 0.2) is 24.3 Å². The molecule has 0 rings (SSSR count). The van der Waals surface area contributed by atoms with E-state index in [0.717, 1.165) is 0 Å². The van der Waals surface area contributed by atoms with E-state index < -0.39 is 23.9 Å². The molecule has 7 heteroatoms. The topological polar surface area (TPSA) is 118 Å². The predicted molar refractivity (Wildman–Crippen MR) is 81.6 cm³/mol. The number of aliphatic carboxylic acids is 2. The Kier molecular flexibility index (Phi) is 9.99. The van der Waals surface area contributed by atoms with Crippen LogP contribution in [-0.2, 0) is 23.9 Å². The maximum Gasteiger partial charge on any atom is 0.341 e. The van der Waals surface area contributed by atoms with Gasteiger partial charge in [0.1, 0.15) is 0 Å². The number of esters is 2. The number of carboxylic acids is 2. The molecule has 128 valence electrons. The van der Waals surface area contributed by atoms with Crippen LogP contribution in [0.2, 0.25) is 0 Å². The van der Waals surface area contributed by atoms with Crippen molar-refractivity contribution >= 4 is 23.9 Å². The van der Waals surface area contributed by atoms with Crippen LogP contribution in [0, 0.1) is 0 Å². The van der Waals surface area contributed by atoms with Gasteiger partial charge >= 0.3 is 23.9 Å². The molecule has 0 aliphatic rings. The molecule has 0 aliphatic heterocycles. The lowest BCUT2D eigenvalue weighted by atomic mass is 10.1. The largest absolute Gasteiger partial charge is 0.481 e. The third-order valence-electron chi connectivity index (χ3n) is 3.00. The molecule has 0 aromatic rings. The summed E-state index contributed by atoms with van der Waals surface area (Å²) in [5, 5.41) is 17.0. The number of hydrogen-bond acceptors (Lipinski definition) is 5. The zero-order valence-corrected chi connectivity index (χ0v) is 13.0. The fourth-order valence-corrected chi connectivity index (χ4v) is 1.66. The second-order valence-corrected chi connectivity index (χ2v) is 5.09. The normalized spacial score (nSPS) is 9.91. The van der Waals surface area contributed by atoms with Crippen LogP contribution >= 0.6 is 0 Å². The van der Waals surface area contributed by atoms with Gasteiger partial charge in [0.2, 0.25) is 0 Å². The summed E-state index contributed by atoms with van der Waals surface area (Å²) in [7, 11) is 0. The van der Waals surface area contributed by atoms with E-state index in [4.69, 9.17) is 10.2 Å². The zero-order chi connectivity index (χ0) is 17.8. The maximum absolute atomic E-state index is 11.6. The van der Waals surface area contributed by atoms with Crippen LogP contribution < -0.4 is 0 Å². The summed E-state index contributed by atoms with van der Waals surface area (Å²) in [6.45, 7) is 7.02. The second kappa shape index (κ2) is 11.2. The third kappa shape index (κ3) is 10.9. The molecule has 0 spiro atoms. The van der Waals surface area contributed by atoms with Gasteiger partial charge < -0.3 is 14.9 Å². The molecule has 0 bridgehead atoms. The van der Waals surface area contributed by atoms with Gasteiger partial charge in [-0.2, -0.15) is 0 Å². The number of carboxylic acid groups (broad SMARTS) is 2. The van der Waals surface area contributed by atoms with E-state index in [9.17, 15) is 19.2 Å². The van der Waals surface area contributed by atoms with Crippen molar-refractivity contribution in [1.29, 1.82) is 0 Å². The summed E-state index contributed by atoms with van der Waals surface area (Å²) in [5.41, 5.74) is 0.199. The van der Waals surface area contributed by atoms with Gasteiger partial charge in [-0.1, -0.05) is 13.2 Å². The van der Waals surface area contributed by atoms with E-state index in [-0.39, 0.29) is 36.8 Å². The number of rotatable bonds is 12. The Morgan fingerprint density at radius 3 is 1.26 bits per heavy atom. The summed E-state index contributed by atoms with van der Waals surface area (Å²) in [6.07, 6.45) is 2.27. The molecule has 0 atom stereocenters. The van der Waals surface area contributed by atoms with Crippen molar-refractivity contribution in [3.05, 3.63) is 24.3 Å². The molecular formula is C16H22O7. The zero-order valence-electron chi connectivity index (χ0n) is 13.0. The van der Waals surface area contributed by atoms with Crippen molar-refractivity contribution in [2.75, 3.05) is 0 Å². The Labute approximate surface area is 134 Å². The van der Waals surface area contributed by atoms with Crippen LogP contribution in [0.1, 0.15) is 51.4 Å². The molecule has 2 N–H and O–H groups in total. The van der Waals surface area contributed by atoms with E-state index in [1.807, 2.05) is 0 Å². The lowest BCUT2D eigenvalue weighted by Gasteiger charge is -2.07. The van der Waals surface area contributed by atoms with E-state index in [0.29, 0.717) is 25.7 Å². The standard InChI is InChI=1S/C16H22O7/c1-11(7-3-5-9-13(17)18)15(21)23-16(22)12(2)8-4-6-10-14(19)20/h1-10H2,(H,17,18)(H,19,20). The van der Waals surface area contributed by atoms with E-state index >= 15 is 0 Å². The molecule has 0 unspecified atom stereocenters. The van der Waals surface area contributed by atoms with Crippen molar-refractivity contribution in [3.8, 4) is 0 Å². The summed E-state index contributed by atoms with van der Waals surface area (Å²) in [5.74, 6) is -3.52. The van der Waals surface area contributed by atoms with Crippen LogP contribution in [0.4, 0.5) is 0 Å². The minimum Gasteiger partial charge on any atom is -0.481 e. The minimum atomic E-state index is -0.910. The fourth-order valence-electron chi connectivity index (χ4n) is 1.66. The highest BCUT2D eigenvalue weighted by atomic mass is 16.6. The van der Waals surface area contributed by atoms with Crippen molar-refractivity contribution in [1.82, 2.24) is 0 Å². The first-order valence-electron chi connectivity index (χ1n) is 7.29. The van der Waals surface area contributed by atoms with Crippen molar-refractivity contribution in [2.45, 2.75) is 51.4 Å². The molecule has 0 amide bonds. The van der Waals surface area contributed by atoms with Gasteiger partial charge in [0.25, 0.3) is 0 Å². The fraction of sp³-hybridized carbons (Fsp3) is 0.500. The molecular weight excluding hydrogens is 304 g/mol. The number of hydrogen-bond donors (Lipinski definition) is 2. The van der Waals surface area contributed by atoms with Crippen LogP contribution in [-0.4, -0.2) is 34.1 Å². The second-order valence-electron chi connectivity index (χ2n) is 5.09. The molecule has 0 heterocycles. The molecule has 23 heavy (non-hydrogen) atoms. The van der Waals surface area contributed by atoms with Crippen LogP contribution in [0.25, 0.3) is 0 Å². The van der Waals surface area contributed by atoms with Gasteiger partial charge in [-0.05, 0) is 38.5 Å². The average molecular weight is 326 g/mol. The first-order valence-corrected chi connectivity index (χ1v) is 7.29. The van der Waals surface area contributed by atoms with Crippen molar-refractivity contribution in [3.63, 3.8) is 0 Å². The summed E-state index contributed by atoms with van der Waals surface area (Å²) in [6, 6.07) is 0. The summed E-state index contributed by atoms with van der Waals surface area (Å²) >= 11 is 0. The molecule has 0 saturated heterocycles. The van der Waals surface area contributed by atoms with Crippen molar-refractivity contribution < 1.29 is 34.1 Å². The highest BCUT2D eigenvalue weighted by Gasteiger charge is 2.16. The van der Waals surface area contributed by atoms with E-state index in [1.165, 1.54) is 0 Å². The highest BCUT2D eigenvalue weighted by Crippen LogP contribution is 2.12. The first-order chi connectivity index (χ1) is 10.7. The number of ether oxygens (including phenoxy) is 1. The molecule has 7 nitrogen and oxygen atoms in total. The lowest BCUT2D eigenvalue weighted by Crippen LogP contribution is -2.15. The molecule has 0 radical (unpaired) electrons. The van der Waals surface area contributed by atoms with Gasteiger partial charge in [-0.25, -0.2) is 9.59 Å². The predicted octanol–water partition coefficient (Wildman–Crippen LogP) is 2.46. The minimum absolute atomic E-state index is 0.00834. The summed E-state index contributed by atoms with van der Waals surface area (Å²) < 4.78 is 4.62. The number of carbonyl (C=O) groups is 4. The Bertz CT molecular complexity index is 447. The quantitative estimate of drug-likeness (QED) is 0.245. The number of carbonyl (C=O) groups excluding carboxylic acids is 2. The average Bonchev–Trinajstić information content (AvgIpc) is 2.46. The monoisotopic (exact) mass is 326 g/mol. The van der Waals surface area contributed by atoms with Gasteiger partial charge in [-0.15, -0.1) is 0 Å². The third-order valence-corrected chi connectivity index (χ3v) is 3.00. The van der Waals surface area contributed by atoms with E-state index in [1.54, 1.807) is 0 Å². The SMILES string of the molecule is C=C(CCCCC(=O)O)C(=O)OC(=O)C(=C)CCCCC(=O)O. The maximum atomic E-state index is 11.6. The first kappa shape index (κ1) is 20.6. The van der Waals surface area contributed by atoms with Gasteiger partial charge in [0, 0.05) is 24.0 Å². The Morgan fingerprint density at radius 2 is 0.957 bits per heavy atom. The lowest BCUT2D eigenvalue weighted by molar-refractivity contribution is -0.154. The molecule has 0 aliphatic carbocycles. The molecule has 0 aromatic carbocycles. The molecule has 0 aromatic heterocycles. The van der Waals surface area contributed by atoms with Gasteiger partial charge in [-0.3, -0.25) is 9.59 Å². The van der Waals surface area contributed by atoms with Gasteiger partial charge in [0.15, 0.2) is 0 Å². The van der Waals surface area contributed by atoms with Crippen LogP contribution in [0.3, 0.4) is 0 Å². The summed E-state index contributed by atoms with van der Waals surface area (Å²) in [4.78, 5) is 43.9. The van der Waals surface area contributed by atoms with Crippen LogP contribution in [0.5, 0.6) is 0 Å². The highest BCUT2D eigenvalue weighted by molar-refractivity contribution is 6.01. The Balaban J connectivity index is 4.00. The van der Waals surface area contributed by atoms with Crippen molar-refractivity contribution in [2.24, 2.45) is 0 Å². The molecule has 0 saturated carbocycles.